The van der Waals surface area contributed by atoms with Gasteiger partial charge in [-0.3, -0.25) is 0 Å². The Kier molecular flexibility index (Phi) is 2.78. The lowest BCUT2D eigenvalue weighted by atomic mass is 9.95. The number of aliphatic hydroxyl groups excluding tert-OH is 1. The van der Waals surface area contributed by atoms with Gasteiger partial charge in [0.15, 0.2) is 0 Å². The molecule has 1 unspecified atom stereocenters. The summed E-state index contributed by atoms with van der Waals surface area (Å²) in [4.78, 5) is 0. The molecule has 0 bridgehead atoms. The molecule has 0 amide bonds. The van der Waals surface area contributed by atoms with Crippen molar-refractivity contribution in [3.05, 3.63) is 23.0 Å². The van der Waals surface area contributed by atoms with Crippen LogP contribution in [0.25, 0.3) is 0 Å². The number of hydrogen-bond donors (Lipinski definition) is 1. The van der Waals surface area contributed by atoms with E-state index in [4.69, 9.17) is 0 Å². The van der Waals surface area contributed by atoms with Crippen molar-refractivity contribution in [2.45, 2.75) is 45.3 Å². The number of fused-ring (bicyclic) bond motifs is 1. The molecule has 0 saturated heterocycles. The van der Waals surface area contributed by atoms with Crippen molar-refractivity contribution in [1.82, 2.24) is 4.57 Å². The maximum absolute atomic E-state index is 12.4. The first-order valence-corrected chi connectivity index (χ1v) is 5.24. The number of aromatic nitrogens is 1. The van der Waals surface area contributed by atoms with Crippen molar-refractivity contribution in [3.63, 3.8) is 0 Å². The van der Waals surface area contributed by atoms with Crippen molar-refractivity contribution in [2.75, 3.05) is 0 Å². The van der Waals surface area contributed by atoms with Crippen molar-refractivity contribution in [1.29, 1.82) is 0 Å². The molecule has 0 saturated carbocycles. The second-order valence-electron chi connectivity index (χ2n) is 4.10. The molecule has 4 heteroatoms. The van der Waals surface area contributed by atoms with E-state index >= 15 is 0 Å². The molecule has 1 atom stereocenters. The summed E-state index contributed by atoms with van der Waals surface area (Å²) in [6.07, 6.45) is -0.385. The van der Waals surface area contributed by atoms with Crippen LogP contribution in [0.4, 0.5) is 8.78 Å². The molecule has 0 fully saturated rings. The molecule has 2 rings (SSSR count). The molecule has 2 nitrogen and oxygen atoms in total. The lowest BCUT2D eigenvalue weighted by Crippen LogP contribution is -2.15. The quantitative estimate of drug-likeness (QED) is 0.805. The smallest absolute Gasteiger partial charge is 0.256 e. The summed E-state index contributed by atoms with van der Waals surface area (Å²) in [7, 11) is 0. The number of aliphatic hydroxyl groups is 1. The van der Waals surface area contributed by atoms with E-state index in [1.807, 2.05) is 13.0 Å². The van der Waals surface area contributed by atoms with Gasteiger partial charge >= 0.3 is 0 Å². The lowest BCUT2D eigenvalue weighted by Gasteiger charge is -2.20. The zero-order chi connectivity index (χ0) is 11.0. The number of halogens is 2. The van der Waals surface area contributed by atoms with Crippen molar-refractivity contribution in [2.24, 2.45) is 0 Å². The first kappa shape index (κ1) is 10.6. The summed E-state index contributed by atoms with van der Waals surface area (Å²) < 4.78 is 26.4. The van der Waals surface area contributed by atoms with Gasteiger partial charge in [0.25, 0.3) is 6.43 Å². The Hall–Kier alpha value is -0.900. The largest absolute Gasteiger partial charge is 0.388 e. The SMILES string of the molecule is Cc1cc2c(n1CC(F)F)CCCC2O. The topological polar surface area (TPSA) is 25.2 Å². The van der Waals surface area contributed by atoms with Gasteiger partial charge in [0, 0.05) is 17.0 Å². The van der Waals surface area contributed by atoms with Crippen LogP contribution in [0.5, 0.6) is 0 Å². The number of rotatable bonds is 2. The minimum atomic E-state index is -2.33. The van der Waals surface area contributed by atoms with E-state index in [2.05, 4.69) is 0 Å². The molecular weight excluding hydrogens is 200 g/mol. The van der Waals surface area contributed by atoms with Gasteiger partial charge in [-0.05, 0) is 32.3 Å². The van der Waals surface area contributed by atoms with Gasteiger partial charge in [0.1, 0.15) is 0 Å². The molecule has 1 heterocycles. The highest BCUT2D eigenvalue weighted by Gasteiger charge is 2.23. The Bertz CT molecular complexity index is 360. The van der Waals surface area contributed by atoms with E-state index in [0.29, 0.717) is 0 Å². The molecule has 1 aliphatic rings. The van der Waals surface area contributed by atoms with Gasteiger partial charge in [0.05, 0.1) is 12.6 Å². The Labute approximate surface area is 87.5 Å². The Morgan fingerprint density at radius 2 is 2.33 bits per heavy atom. The second-order valence-corrected chi connectivity index (χ2v) is 4.10. The highest BCUT2D eigenvalue weighted by atomic mass is 19.3. The predicted octanol–water partition coefficient (Wildman–Crippen LogP) is 2.43. The summed E-state index contributed by atoms with van der Waals surface area (Å²) in [5, 5.41) is 9.73. The summed E-state index contributed by atoms with van der Waals surface area (Å²) >= 11 is 0. The van der Waals surface area contributed by atoms with E-state index < -0.39 is 12.5 Å². The van der Waals surface area contributed by atoms with Gasteiger partial charge < -0.3 is 9.67 Å². The molecular formula is C11H15F2NO. The number of aryl methyl sites for hydroxylation is 1. The van der Waals surface area contributed by atoms with Gasteiger partial charge in [-0.25, -0.2) is 8.78 Å². The van der Waals surface area contributed by atoms with Crippen LogP contribution in [0.15, 0.2) is 6.07 Å². The van der Waals surface area contributed by atoms with Gasteiger partial charge in [-0.15, -0.1) is 0 Å². The summed E-state index contributed by atoms with van der Waals surface area (Å²) in [6, 6.07) is 1.83. The fourth-order valence-corrected chi connectivity index (χ4v) is 2.33. The predicted molar refractivity (Wildman–Crippen MR) is 53.1 cm³/mol. The zero-order valence-electron chi connectivity index (χ0n) is 8.71. The first-order chi connectivity index (χ1) is 7.09. The van der Waals surface area contributed by atoms with Crippen LogP contribution in [-0.2, 0) is 13.0 Å². The molecule has 15 heavy (non-hydrogen) atoms. The minimum absolute atomic E-state index is 0.256. The second kappa shape index (κ2) is 3.93. The zero-order valence-corrected chi connectivity index (χ0v) is 8.71. The molecule has 1 N–H and O–H groups in total. The van der Waals surface area contributed by atoms with Crippen LogP contribution in [-0.4, -0.2) is 16.1 Å². The molecule has 1 aromatic heterocycles. The molecule has 0 aromatic carbocycles. The molecule has 0 radical (unpaired) electrons. The van der Waals surface area contributed by atoms with Crippen LogP contribution in [0, 0.1) is 6.92 Å². The molecule has 0 spiro atoms. The van der Waals surface area contributed by atoms with E-state index in [9.17, 15) is 13.9 Å². The van der Waals surface area contributed by atoms with E-state index in [1.54, 1.807) is 4.57 Å². The lowest BCUT2D eigenvalue weighted by molar-refractivity contribution is 0.122. The Morgan fingerprint density at radius 3 is 3.00 bits per heavy atom. The van der Waals surface area contributed by atoms with Crippen LogP contribution >= 0.6 is 0 Å². The van der Waals surface area contributed by atoms with Crippen LogP contribution in [0.3, 0.4) is 0 Å². The van der Waals surface area contributed by atoms with E-state index in [0.717, 1.165) is 36.2 Å². The normalized spacial score (nSPS) is 20.7. The Morgan fingerprint density at radius 1 is 1.60 bits per heavy atom. The van der Waals surface area contributed by atoms with Gasteiger partial charge in [-0.1, -0.05) is 0 Å². The number of hydrogen-bond acceptors (Lipinski definition) is 1. The number of alkyl halides is 2. The summed E-state index contributed by atoms with van der Waals surface area (Å²) in [5.74, 6) is 0. The third kappa shape index (κ3) is 1.91. The van der Waals surface area contributed by atoms with Crippen molar-refractivity contribution >= 4 is 0 Å². The monoisotopic (exact) mass is 215 g/mol. The first-order valence-electron chi connectivity index (χ1n) is 5.24. The highest BCUT2D eigenvalue weighted by Crippen LogP contribution is 2.32. The molecule has 0 aliphatic heterocycles. The third-order valence-corrected chi connectivity index (χ3v) is 3.02. The fourth-order valence-electron chi connectivity index (χ4n) is 2.33. The standard InChI is InChI=1S/C11H15F2NO/c1-7-5-8-9(3-2-4-10(8)15)14(7)6-11(12)13/h5,10-11,15H,2-4,6H2,1H3. The maximum atomic E-state index is 12.4. The molecule has 1 aliphatic carbocycles. The minimum Gasteiger partial charge on any atom is -0.388 e. The molecule has 1 aromatic rings. The molecule has 84 valence electrons. The van der Waals surface area contributed by atoms with E-state index in [1.165, 1.54) is 0 Å². The third-order valence-electron chi connectivity index (χ3n) is 3.02. The van der Waals surface area contributed by atoms with Crippen LogP contribution in [0.1, 0.15) is 35.9 Å². The Balaban J connectivity index is 2.38. The van der Waals surface area contributed by atoms with Crippen molar-refractivity contribution in [3.8, 4) is 0 Å². The summed E-state index contributed by atoms with van der Waals surface area (Å²) in [6.45, 7) is 1.56. The van der Waals surface area contributed by atoms with Crippen LogP contribution in [0.2, 0.25) is 0 Å². The fraction of sp³-hybridized carbons (Fsp3) is 0.636. The van der Waals surface area contributed by atoms with E-state index in [-0.39, 0.29) is 6.54 Å². The number of nitrogens with zero attached hydrogens (tertiary/aromatic N) is 1. The highest BCUT2D eigenvalue weighted by molar-refractivity contribution is 5.31. The van der Waals surface area contributed by atoms with Crippen molar-refractivity contribution < 1.29 is 13.9 Å². The average molecular weight is 215 g/mol. The maximum Gasteiger partial charge on any atom is 0.256 e. The van der Waals surface area contributed by atoms with Gasteiger partial charge in [0.2, 0.25) is 0 Å². The summed E-state index contributed by atoms with van der Waals surface area (Å²) in [5.41, 5.74) is 2.56. The average Bonchev–Trinajstić information content (AvgIpc) is 2.45. The van der Waals surface area contributed by atoms with Crippen LogP contribution < -0.4 is 0 Å². The van der Waals surface area contributed by atoms with Gasteiger partial charge in [-0.2, -0.15) is 0 Å².